The molecule has 152 valence electrons. The Morgan fingerprint density at radius 2 is 0.640 bits per heavy atom. The van der Waals surface area contributed by atoms with Crippen LogP contribution in [0.2, 0.25) is 50.9 Å². The topological polar surface area (TPSA) is 18.5 Å². The van der Waals surface area contributed by atoms with Crippen LogP contribution in [0.15, 0.2) is 0 Å². The Labute approximate surface area is 163 Å². The minimum Gasteiger partial charge on any atom is -0.436 e. The molecule has 0 atom stereocenters. The summed E-state index contributed by atoms with van der Waals surface area (Å²) in [5, 5.41) is -0.0550. The highest BCUT2D eigenvalue weighted by Crippen LogP contribution is 2.72. The van der Waals surface area contributed by atoms with Crippen LogP contribution in [0.4, 0.5) is 0 Å². The van der Waals surface area contributed by atoms with Gasteiger partial charge in [0.25, 0.3) is 0 Å². The number of rotatable bonds is 5. The van der Waals surface area contributed by atoms with Gasteiger partial charge in [0.2, 0.25) is 0 Å². The van der Waals surface area contributed by atoms with Crippen molar-refractivity contribution >= 4 is 25.2 Å². The van der Waals surface area contributed by atoms with Crippen molar-refractivity contribution < 1.29 is 8.23 Å². The molecule has 0 rings (SSSR count). The molecule has 0 N–H and O–H groups in total. The van der Waals surface area contributed by atoms with Gasteiger partial charge >= 0.3 is 8.56 Å². The van der Waals surface area contributed by atoms with Crippen molar-refractivity contribution in [1.82, 2.24) is 0 Å². The lowest BCUT2D eigenvalue weighted by Crippen LogP contribution is -2.70. The third-order valence-corrected chi connectivity index (χ3v) is 16.7. The van der Waals surface area contributed by atoms with Crippen molar-refractivity contribution in [2.75, 3.05) is 0 Å². The molecule has 0 aromatic rings. The smallest absolute Gasteiger partial charge is 0.322 e. The van der Waals surface area contributed by atoms with E-state index in [1.807, 2.05) is 0 Å². The standard InChI is InChI=1S/C20H48O2Si3/c1-17(2,3)20(18(4,5)6,19(7,8)9)25(16,21-23(10,11)12)22-24(13,14)15/h1-16H3. The average Bonchev–Trinajstić information content (AvgIpc) is 1.99. The summed E-state index contributed by atoms with van der Waals surface area (Å²) in [5.74, 6) is 0. The van der Waals surface area contributed by atoms with E-state index >= 15 is 0 Å². The van der Waals surface area contributed by atoms with E-state index in [9.17, 15) is 0 Å². The lowest BCUT2D eigenvalue weighted by atomic mass is 9.55. The van der Waals surface area contributed by atoms with E-state index in [1.165, 1.54) is 0 Å². The van der Waals surface area contributed by atoms with Gasteiger partial charge in [0, 0.05) is 5.04 Å². The van der Waals surface area contributed by atoms with Crippen molar-refractivity contribution in [2.24, 2.45) is 16.2 Å². The van der Waals surface area contributed by atoms with Crippen LogP contribution in [0.3, 0.4) is 0 Å². The normalized spacial score (nSPS) is 16.3. The van der Waals surface area contributed by atoms with E-state index in [0.29, 0.717) is 0 Å². The molecule has 0 aliphatic heterocycles. The Kier molecular flexibility index (Phi) is 7.03. The van der Waals surface area contributed by atoms with Crippen LogP contribution >= 0.6 is 0 Å². The van der Waals surface area contributed by atoms with Crippen LogP contribution in [0, 0.1) is 16.2 Å². The van der Waals surface area contributed by atoms with Crippen LogP contribution in [0.25, 0.3) is 0 Å². The Balaban J connectivity index is 7.09. The molecule has 0 aliphatic rings. The fraction of sp³-hybridized carbons (Fsp3) is 1.00. The zero-order chi connectivity index (χ0) is 20.9. The Morgan fingerprint density at radius 3 is 0.760 bits per heavy atom. The van der Waals surface area contributed by atoms with E-state index in [2.05, 4.69) is 108 Å². The second-order valence-corrected chi connectivity index (χ2v) is 25.6. The van der Waals surface area contributed by atoms with Crippen LogP contribution in [-0.2, 0) is 8.23 Å². The average molecular weight is 405 g/mol. The SMILES string of the molecule is CC(C)(C)C(C(C)(C)C)(C(C)(C)C)[Si](C)(O[Si](C)(C)C)O[Si](C)(C)C. The molecule has 0 saturated heterocycles. The Hall–Kier alpha value is 0.571. The van der Waals surface area contributed by atoms with Crippen molar-refractivity contribution in [3.63, 3.8) is 0 Å². The molecular formula is C20H48O2Si3. The van der Waals surface area contributed by atoms with Gasteiger partial charge in [-0.05, 0) is 62.1 Å². The van der Waals surface area contributed by atoms with E-state index in [1.54, 1.807) is 0 Å². The first-order valence-electron chi connectivity index (χ1n) is 9.82. The molecule has 0 fully saturated rings. The third kappa shape index (κ3) is 5.31. The van der Waals surface area contributed by atoms with Crippen LogP contribution in [-0.4, -0.2) is 25.2 Å². The maximum absolute atomic E-state index is 7.14. The van der Waals surface area contributed by atoms with E-state index < -0.39 is 25.2 Å². The fourth-order valence-corrected chi connectivity index (χ4v) is 22.0. The number of hydrogen-bond acceptors (Lipinski definition) is 2. The van der Waals surface area contributed by atoms with Crippen LogP contribution in [0.5, 0.6) is 0 Å². The second-order valence-electron chi connectivity index (χ2n) is 12.9. The maximum atomic E-state index is 7.14. The van der Waals surface area contributed by atoms with Gasteiger partial charge in [-0.1, -0.05) is 62.3 Å². The molecule has 0 bridgehead atoms. The van der Waals surface area contributed by atoms with Crippen LogP contribution < -0.4 is 0 Å². The molecule has 0 saturated carbocycles. The molecule has 0 aromatic heterocycles. The van der Waals surface area contributed by atoms with Crippen molar-refractivity contribution in [3.8, 4) is 0 Å². The lowest BCUT2D eigenvalue weighted by molar-refractivity contribution is -0.0120. The van der Waals surface area contributed by atoms with Crippen molar-refractivity contribution in [3.05, 3.63) is 0 Å². The summed E-state index contributed by atoms with van der Waals surface area (Å²) in [7, 11) is -6.14. The summed E-state index contributed by atoms with van der Waals surface area (Å²) in [4.78, 5) is 0. The molecule has 25 heavy (non-hydrogen) atoms. The van der Waals surface area contributed by atoms with E-state index in [4.69, 9.17) is 8.23 Å². The van der Waals surface area contributed by atoms with Crippen molar-refractivity contribution in [1.29, 1.82) is 0 Å². The summed E-state index contributed by atoms with van der Waals surface area (Å²) in [6.45, 7) is 37.8. The molecule has 0 heterocycles. The summed E-state index contributed by atoms with van der Waals surface area (Å²) >= 11 is 0. The van der Waals surface area contributed by atoms with Gasteiger partial charge in [0.05, 0.1) is 0 Å². The Bertz CT molecular complexity index is 400. The van der Waals surface area contributed by atoms with Gasteiger partial charge in [0.1, 0.15) is 0 Å². The molecule has 0 aliphatic carbocycles. The largest absolute Gasteiger partial charge is 0.436 e. The summed E-state index contributed by atoms with van der Waals surface area (Å²) in [6.07, 6.45) is 0. The predicted octanol–water partition coefficient (Wildman–Crippen LogP) is 7.64. The van der Waals surface area contributed by atoms with Gasteiger partial charge in [-0.25, -0.2) is 0 Å². The lowest BCUT2D eigenvalue weighted by Gasteiger charge is -2.67. The monoisotopic (exact) mass is 404 g/mol. The van der Waals surface area contributed by atoms with Crippen LogP contribution in [0.1, 0.15) is 62.3 Å². The van der Waals surface area contributed by atoms with Gasteiger partial charge in [-0.2, -0.15) is 0 Å². The number of hydrogen-bond donors (Lipinski definition) is 0. The minimum atomic E-state index is -2.58. The molecule has 0 radical (unpaired) electrons. The first kappa shape index (κ1) is 25.6. The van der Waals surface area contributed by atoms with Gasteiger partial charge < -0.3 is 8.23 Å². The second kappa shape index (κ2) is 6.87. The summed E-state index contributed by atoms with van der Waals surface area (Å²) in [5.41, 5.74) is 0.178. The van der Waals surface area contributed by atoms with E-state index in [0.717, 1.165) is 0 Å². The zero-order valence-electron chi connectivity index (χ0n) is 20.3. The Morgan fingerprint density at radius 1 is 0.440 bits per heavy atom. The fourth-order valence-electron chi connectivity index (χ4n) is 6.76. The predicted molar refractivity (Wildman–Crippen MR) is 122 cm³/mol. The molecule has 0 unspecified atom stereocenters. The molecule has 0 aromatic carbocycles. The maximum Gasteiger partial charge on any atom is 0.322 e. The first-order chi connectivity index (χ1) is 10.4. The highest BCUT2D eigenvalue weighted by Gasteiger charge is 2.71. The molecule has 0 amide bonds. The van der Waals surface area contributed by atoms with Crippen molar-refractivity contribution in [2.45, 2.75) is 113 Å². The van der Waals surface area contributed by atoms with Gasteiger partial charge in [-0.3, -0.25) is 0 Å². The molecule has 2 nitrogen and oxygen atoms in total. The minimum absolute atomic E-state index is 0.0550. The van der Waals surface area contributed by atoms with Gasteiger partial charge in [0.15, 0.2) is 16.6 Å². The first-order valence-corrected chi connectivity index (χ1v) is 18.9. The molecular weight excluding hydrogens is 356 g/mol. The van der Waals surface area contributed by atoms with Gasteiger partial charge in [-0.15, -0.1) is 0 Å². The summed E-state index contributed by atoms with van der Waals surface area (Å²) in [6, 6.07) is 0. The third-order valence-electron chi connectivity index (χ3n) is 5.06. The summed E-state index contributed by atoms with van der Waals surface area (Å²) < 4.78 is 14.3. The molecule has 5 heteroatoms. The zero-order valence-corrected chi connectivity index (χ0v) is 23.3. The van der Waals surface area contributed by atoms with E-state index in [-0.39, 0.29) is 21.3 Å². The quantitative estimate of drug-likeness (QED) is 0.438. The highest BCUT2D eigenvalue weighted by atomic mass is 28.5. The molecule has 0 spiro atoms. The highest BCUT2D eigenvalue weighted by molar-refractivity contribution is 6.89.